The smallest absolute Gasteiger partial charge is 0.312 e. The van der Waals surface area contributed by atoms with Crippen molar-refractivity contribution in [3.63, 3.8) is 0 Å². The van der Waals surface area contributed by atoms with Gasteiger partial charge in [0, 0.05) is 32.2 Å². The molecule has 1 aromatic heterocycles. The number of hydrogen-bond donors (Lipinski definition) is 0. The van der Waals surface area contributed by atoms with Gasteiger partial charge in [0.05, 0.1) is 18.1 Å². The van der Waals surface area contributed by atoms with E-state index in [0.717, 1.165) is 25.2 Å². The fourth-order valence-corrected chi connectivity index (χ4v) is 3.85. The summed E-state index contributed by atoms with van der Waals surface area (Å²) in [6, 6.07) is 9.82. The monoisotopic (exact) mass is 415 g/mol. The quantitative estimate of drug-likeness (QED) is 0.484. The standard InChI is InChI=1S/C21H29N5O4/c1-16(13-23-9-11-30-12-10-23)24(14-19-7-5-4-6-8-19)20(27)15-25-18(3)21(26(28)29)17(2)22-25/h4-8,16H,9-15H2,1-3H3. The summed E-state index contributed by atoms with van der Waals surface area (Å²) in [5.74, 6) is -0.111. The number of aromatic nitrogens is 2. The van der Waals surface area contributed by atoms with Crippen molar-refractivity contribution in [3.05, 3.63) is 57.4 Å². The van der Waals surface area contributed by atoms with Crippen LogP contribution in [0, 0.1) is 24.0 Å². The third-order valence-corrected chi connectivity index (χ3v) is 5.49. The Hall–Kier alpha value is -2.78. The van der Waals surface area contributed by atoms with Gasteiger partial charge in [-0.1, -0.05) is 30.3 Å². The van der Waals surface area contributed by atoms with Gasteiger partial charge < -0.3 is 9.64 Å². The number of carbonyl (C=O) groups is 1. The van der Waals surface area contributed by atoms with Crippen LogP contribution in [0.25, 0.3) is 0 Å². The molecule has 0 bridgehead atoms. The van der Waals surface area contributed by atoms with Gasteiger partial charge in [-0.2, -0.15) is 5.10 Å². The highest BCUT2D eigenvalue weighted by molar-refractivity contribution is 5.76. The number of ether oxygens (including phenoxy) is 1. The molecule has 30 heavy (non-hydrogen) atoms. The SMILES string of the molecule is Cc1nn(CC(=O)N(Cc2ccccc2)C(C)CN2CCOCC2)c(C)c1[N+](=O)[O-]. The van der Waals surface area contributed by atoms with Gasteiger partial charge in [0.25, 0.3) is 0 Å². The Morgan fingerprint density at radius 1 is 1.27 bits per heavy atom. The van der Waals surface area contributed by atoms with Crippen LogP contribution >= 0.6 is 0 Å². The Labute approximate surface area is 176 Å². The molecule has 1 amide bonds. The highest BCUT2D eigenvalue weighted by Crippen LogP contribution is 2.22. The average molecular weight is 415 g/mol. The van der Waals surface area contributed by atoms with E-state index in [1.54, 1.807) is 13.8 Å². The van der Waals surface area contributed by atoms with Crippen LogP contribution in [0.3, 0.4) is 0 Å². The molecule has 2 aromatic rings. The lowest BCUT2D eigenvalue weighted by Crippen LogP contribution is -2.48. The molecule has 0 aliphatic carbocycles. The van der Waals surface area contributed by atoms with E-state index in [-0.39, 0.29) is 24.2 Å². The maximum atomic E-state index is 13.3. The van der Waals surface area contributed by atoms with Crippen molar-refractivity contribution in [1.82, 2.24) is 19.6 Å². The molecule has 1 aromatic carbocycles. The summed E-state index contributed by atoms with van der Waals surface area (Å²) < 4.78 is 6.86. The fourth-order valence-electron chi connectivity index (χ4n) is 3.85. The lowest BCUT2D eigenvalue weighted by atomic mass is 10.1. The number of benzene rings is 1. The Balaban J connectivity index is 1.79. The first-order chi connectivity index (χ1) is 14.4. The number of amides is 1. The number of nitrogens with zero attached hydrogens (tertiary/aromatic N) is 5. The first kappa shape index (κ1) is 21.9. The molecule has 9 nitrogen and oxygen atoms in total. The van der Waals surface area contributed by atoms with Crippen molar-refractivity contribution in [2.24, 2.45) is 0 Å². The van der Waals surface area contributed by atoms with E-state index in [0.29, 0.717) is 31.1 Å². The highest BCUT2D eigenvalue weighted by Gasteiger charge is 2.27. The molecule has 0 N–H and O–H groups in total. The van der Waals surface area contributed by atoms with Gasteiger partial charge in [0.2, 0.25) is 5.91 Å². The second-order valence-corrected chi connectivity index (χ2v) is 7.70. The van der Waals surface area contributed by atoms with Crippen molar-refractivity contribution in [3.8, 4) is 0 Å². The fraction of sp³-hybridized carbons (Fsp3) is 0.524. The Morgan fingerprint density at radius 2 is 1.93 bits per heavy atom. The molecule has 0 spiro atoms. The summed E-state index contributed by atoms with van der Waals surface area (Å²) in [4.78, 5) is 28.3. The second-order valence-electron chi connectivity index (χ2n) is 7.70. The van der Waals surface area contributed by atoms with Crippen LogP contribution in [-0.4, -0.2) is 69.3 Å². The Kier molecular flexibility index (Phi) is 7.17. The minimum Gasteiger partial charge on any atom is -0.379 e. The molecule has 0 radical (unpaired) electrons. The number of aryl methyl sites for hydroxylation is 1. The second kappa shape index (κ2) is 9.82. The number of morpholine rings is 1. The van der Waals surface area contributed by atoms with Crippen molar-refractivity contribution in [1.29, 1.82) is 0 Å². The summed E-state index contributed by atoms with van der Waals surface area (Å²) in [5.41, 5.74) is 1.73. The first-order valence-corrected chi connectivity index (χ1v) is 10.2. The molecule has 1 unspecified atom stereocenters. The summed E-state index contributed by atoms with van der Waals surface area (Å²) in [5, 5.41) is 15.5. The number of rotatable bonds is 8. The van der Waals surface area contributed by atoms with Crippen LogP contribution in [-0.2, 0) is 22.6 Å². The van der Waals surface area contributed by atoms with E-state index in [2.05, 4.69) is 10.00 Å². The zero-order valence-electron chi connectivity index (χ0n) is 17.8. The van der Waals surface area contributed by atoms with Gasteiger partial charge in [-0.15, -0.1) is 0 Å². The van der Waals surface area contributed by atoms with Crippen LogP contribution in [0.15, 0.2) is 30.3 Å². The predicted molar refractivity (Wildman–Crippen MR) is 112 cm³/mol. The van der Waals surface area contributed by atoms with Crippen LogP contribution in [0.5, 0.6) is 0 Å². The van der Waals surface area contributed by atoms with Crippen molar-refractivity contribution < 1.29 is 14.5 Å². The Bertz CT molecular complexity index is 877. The number of carbonyl (C=O) groups excluding carboxylic acids is 1. The maximum absolute atomic E-state index is 13.3. The third kappa shape index (κ3) is 5.22. The van der Waals surface area contributed by atoms with Gasteiger partial charge in [-0.25, -0.2) is 0 Å². The van der Waals surface area contributed by atoms with Crippen LogP contribution in [0.1, 0.15) is 23.9 Å². The average Bonchev–Trinajstić information content (AvgIpc) is 3.00. The lowest BCUT2D eigenvalue weighted by molar-refractivity contribution is -0.386. The van der Waals surface area contributed by atoms with Gasteiger partial charge >= 0.3 is 5.69 Å². The van der Waals surface area contributed by atoms with Crippen molar-refractivity contribution in [2.75, 3.05) is 32.8 Å². The van der Waals surface area contributed by atoms with Gasteiger partial charge in [0.1, 0.15) is 17.9 Å². The van der Waals surface area contributed by atoms with E-state index < -0.39 is 4.92 Å². The molecule has 162 valence electrons. The van der Waals surface area contributed by atoms with E-state index >= 15 is 0 Å². The van der Waals surface area contributed by atoms with Crippen LogP contribution in [0.4, 0.5) is 5.69 Å². The molecule has 9 heteroatoms. The minimum atomic E-state index is -0.443. The number of hydrogen-bond acceptors (Lipinski definition) is 6. The summed E-state index contributed by atoms with van der Waals surface area (Å²) in [6.45, 7) is 9.57. The molecule has 2 heterocycles. The summed E-state index contributed by atoms with van der Waals surface area (Å²) >= 11 is 0. The summed E-state index contributed by atoms with van der Waals surface area (Å²) in [6.07, 6.45) is 0. The van der Waals surface area contributed by atoms with Gasteiger partial charge in [-0.05, 0) is 26.3 Å². The topological polar surface area (TPSA) is 93.7 Å². The molecule has 0 saturated carbocycles. The predicted octanol–water partition coefficient (Wildman–Crippen LogP) is 2.16. The van der Waals surface area contributed by atoms with E-state index in [9.17, 15) is 14.9 Å². The maximum Gasteiger partial charge on any atom is 0.312 e. The molecule has 1 aliphatic rings. The van der Waals surface area contributed by atoms with E-state index in [1.807, 2.05) is 42.2 Å². The molecule has 3 rings (SSSR count). The molecule has 1 fully saturated rings. The largest absolute Gasteiger partial charge is 0.379 e. The van der Waals surface area contributed by atoms with E-state index in [1.165, 1.54) is 4.68 Å². The van der Waals surface area contributed by atoms with Gasteiger partial charge in [0.15, 0.2) is 0 Å². The zero-order chi connectivity index (χ0) is 21.7. The van der Waals surface area contributed by atoms with Crippen molar-refractivity contribution in [2.45, 2.75) is 39.9 Å². The molecule has 1 atom stereocenters. The molecule has 1 aliphatic heterocycles. The first-order valence-electron chi connectivity index (χ1n) is 10.2. The number of nitro groups is 1. The Morgan fingerprint density at radius 3 is 2.53 bits per heavy atom. The van der Waals surface area contributed by atoms with E-state index in [4.69, 9.17) is 4.74 Å². The lowest BCUT2D eigenvalue weighted by Gasteiger charge is -2.35. The molecular formula is C21H29N5O4. The normalized spacial score (nSPS) is 15.7. The summed E-state index contributed by atoms with van der Waals surface area (Å²) in [7, 11) is 0. The minimum absolute atomic E-state index is 0.0252. The molecule has 1 saturated heterocycles. The van der Waals surface area contributed by atoms with Crippen molar-refractivity contribution >= 4 is 11.6 Å². The van der Waals surface area contributed by atoms with Crippen LogP contribution < -0.4 is 0 Å². The molecular weight excluding hydrogens is 386 g/mol. The third-order valence-electron chi connectivity index (χ3n) is 5.49. The van der Waals surface area contributed by atoms with Crippen LogP contribution in [0.2, 0.25) is 0 Å². The highest BCUT2D eigenvalue weighted by atomic mass is 16.6. The van der Waals surface area contributed by atoms with Gasteiger partial charge in [-0.3, -0.25) is 24.5 Å². The zero-order valence-corrected chi connectivity index (χ0v) is 17.8.